The highest BCUT2D eigenvalue weighted by Gasteiger charge is 2.51. The number of rotatable bonds is 10. The highest BCUT2D eigenvalue weighted by Crippen LogP contribution is 2.29. The van der Waals surface area contributed by atoms with Crippen molar-refractivity contribution in [2.75, 3.05) is 6.61 Å². The standard InChI is InChI=1S/C19H27NO15/c1-5(22)14(13(27)17(30)31)34-18-10(20-6(2)23)12(26)15(9(4-21)33-18)35-19-11(25)7(24)3-8(32-19)16(28)29/h3,7,9-15,18-19,21,24-27H,4H2,1-2H3,(H,20,23)(H,28,29)(H,30,31). The van der Waals surface area contributed by atoms with E-state index in [0.29, 0.717) is 6.08 Å². The zero-order valence-electron chi connectivity index (χ0n) is 18.5. The van der Waals surface area contributed by atoms with Crippen molar-refractivity contribution in [3.05, 3.63) is 11.8 Å². The van der Waals surface area contributed by atoms with Crippen LogP contribution in [0.1, 0.15) is 13.8 Å². The number of carboxylic acid groups (broad SMARTS) is 2. The molecular formula is C19H27NO15. The molecule has 35 heavy (non-hydrogen) atoms. The van der Waals surface area contributed by atoms with E-state index in [1.807, 2.05) is 0 Å². The van der Waals surface area contributed by atoms with Gasteiger partial charge < -0.3 is 60.0 Å². The number of aliphatic hydroxyl groups excluding tert-OH is 5. The fourth-order valence-corrected chi connectivity index (χ4v) is 3.44. The van der Waals surface area contributed by atoms with E-state index in [2.05, 4.69) is 5.32 Å². The van der Waals surface area contributed by atoms with Crippen molar-refractivity contribution >= 4 is 23.6 Å². The second-order valence-electron chi connectivity index (χ2n) is 7.80. The molecule has 1 fully saturated rings. The first-order valence-electron chi connectivity index (χ1n) is 10.2. The highest BCUT2D eigenvalue weighted by molar-refractivity contribution is 5.87. The highest BCUT2D eigenvalue weighted by atomic mass is 16.7. The van der Waals surface area contributed by atoms with Crippen LogP contribution in [0.5, 0.6) is 0 Å². The molecule has 10 unspecified atom stereocenters. The van der Waals surface area contributed by atoms with Gasteiger partial charge in [0, 0.05) is 6.92 Å². The summed E-state index contributed by atoms with van der Waals surface area (Å²) in [5.41, 5.74) is 0. The third kappa shape index (κ3) is 6.71. The Kier molecular flexibility index (Phi) is 9.64. The first kappa shape index (κ1) is 28.5. The summed E-state index contributed by atoms with van der Waals surface area (Å²) in [5.74, 6) is -5.85. The minimum Gasteiger partial charge on any atom is -0.479 e. The van der Waals surface area contributed by atoms with Gasteiger partial charge in [0.05, 0.1) is 6.61 Å². The largest absolute Gasteiger partial charge is 0.479 e. The van der Waals surface area contributed by atoms with Crippen molar-refractivity contribution < 1.29 is 73.9 Å². The average molecular weight is 509 g/mol. The number of ketones is 1. The van der Waals surface area contributed by atoms with Crippen LogP contribution in [0.3, 0.4) is 0 Å². The molecule has 0 aliphatic carbocycles. The van der Waals surface area contributed by atoms with E-state index >= 15 is 0 Å². The van der Waals surface area contributed by atoms with Gasteiger partial charge in [0.15, 0.2) is 24.3 Å². The van der Waals surface area contributed by atoms with E-state index in [9.17, 15) is 44.7 Å². The summed E-state index contributed by atoms with van der Waals surface area (Å²) in [7, 11) is 0. The van der Waals surface area contributed by atoms with Crippen LogP contribution in [0, 0.1) is 0 Å². The fraction of sp³-hybridized carbons (Fsp3) is 0.684. The lowest BCUT2D eigenvalue weighted by Crippen LogP contribution is -2.67. The van der Waals surface area contributed by atoms with Crippen LogP contribution in [0.2, 0.25) is 0 Å². The molecule has 16 heteroatoms. The molecular weight excluding hydrogens is 482 g/mol. The van der Waals surface area contributed by atoms with Crippen LogP contribution >= 0.6 is 0 Å². The number of nitrogens with one attached hydrogen (secondary N) is 1. The quantitative estimate of drug-likeness (QED) is 0.138. The number of hydrogen-bond acceptors (Lipinski definition) is 13. The maximum Gasteiger partial charge on any atom is 0.371 e. The van der Waals surface area contributed by atoms with Crippen molar-refractivity contribution in [2.45, 2.75) is 75.2 Å². The monoisotopic (exact) mass is 509 g/mol. The molecule has 8 N–H and O–H groups in total. The Bertz CT molecular complexity index is 846. The third-order valence-electron chi connectivity index (χ3n) is 5.14. The third-order valence-corrected chi connectivity index (χ3v) is 5.14. The Balaban J connectivity index is 2.33. The molecule has 16 nitrogen and oxygen atoms in total. The molecule has 2 aliphatic rings. The van der Waals surface area contributed by atoms with Crippen molar-refractivity contribution in [2.24, 2.45) is 0 Å². The van der Waals surface area contributed by atoms with E-state index in [0.717, 1.165) is 13.8 Å². The van der Waals surface area contributed by atoms with Crippen molar-refractivity contribution in [1.82, 2.24) is 5.32 Å². The SMILES string of the molecule is CC(=O)NC1C(OC(C(C)=O)C(O)C(=O)O)OC(CO)C(OC2OC(C(=O)O)=CC(O)C2O)C1O. The molecule has 10 atom stereocenters. The summed E-state index contributed by atoms with van der Waals surface area (Å²) in [6.45, 7) is 1.06. The molecule has 2 rings (SSSR count). The number of amides is 1. The molecule has 0 spiro atoms. The molecule has 198 valence electrons. The maximum absolute atomic E-state index is 11.9. The second-order valence-corrected chi connectivity index (χ2v) is 7.80. The van der Waals surface area contributed by atoms with E-state index < -0.39 is 97.3 Å². The smallest absolute Gasteiger partial charge is 0.371 e. The molecule has 0 bridgehead atoms. The fourth-order valence-electron chi connectivity index (χ4n) is 3.44. The predicted molar refractivity (Wildman–Crippen MR) is 106 cm³/mol. The van der Waals surface area contributed by atoms with Crippen LogP contribution < -0.4 is 5.32 Å². The van der Waals surface area contributed by atoms with Gasteiger partial charge >= 0.3 is 11.9 Å². The van der Waals surface area contributed by atoms with Crippen LogP contribution in [0.15, 0.2) is 11.8 Å². The van der Waals surface area contributed by atoms with E-state index in [4.69, 9.17) is 29.2 Å². The number of carbonyl (C=O) groups is 4. The van der Waals surface area contributed by atoms with Gasteiger partial charge in [-0.3, -0.25) is 9.59 Å². The number of hydrogen-bond donors (Lipinski definition) is 8. The van der Waals surface area contributed by atoms with Gasteiger partial charge in [0.1, 0.15) is 36.6 Å². The predicted octanol–water partition coefficient (Wildman–Crippen LogP) is -4.58. The topological polar surface area (TPSA) is 259 Å². The Morgan fingerprint density at radius 1 is 1.09 bits per heavy atom. The molecule has 2 aliphatic heterocycles. The molecule has 2 heterocycles. The number of Topliss-reactive ketones (excluding diaryl/α,β-unsaturated/α-hetero) is 1. The molecule has 0 radical (unpaired) electrons. The van der Waals surface area contributed by atoms with Crippen LogP contribution in [-0.4, -0.2) is 127 Å². The van der Waals surface area contributed by atoms with Crippen molar-refractivity contribution in [1.29, 1.82) is 0 Å². The lowest BCUT2D eigenvalue weighted by Gasteiger charge is -2.46. The van der Waals surface area contributed by atoms with Crippen LogP contribution in [0.4, 0.5) is 0 Å². The summed E-state index contributed by atoms with van der Waals surface area (Å²) in [5, 5.41) is 70.8. The van der Waals surface area contributed by atoms with Gasteiger partial charge in [0.25, 0.3) is 0 Å². The van der Waals surface area contributed by atoms with Crippen molar-refractivity contribution in [3.63, 3.8) is 0 Å². The first-order chi connectivity index (χ1) is 16.3. The van der Waals surface area contributed by atoms with Gasteiger partial charge in [-0.15, -0.1) is 0 Å². The minimum atomic E-state index is -2.33. The molecule has 0 aromatic carbocycles. The van der Waals surface area contributed by atoms with Gasteiger partial charge in [-0.1, -0.05) is 0 Å². The van der Waals surface area contributed by atoms with Gasteiger partial charge in [-0.05, 0) is 13.0 Å². The summed E-state index contributed by atoms with van der Waals surface area (Å²) in [6.07, 6.45) is -15.8. The van der Waals surface area contributed by atoms with Gasteiger partial charge in [-0.25, -0.2) is 9.59 Å². The van der Waals surface area contributed by atoms with Crippen molar-refractivity contribution in [3.8, 4) is 0 Å². The lowest BCUT2D eigenvalue weighted by molar-refractivity contribution is -0.320. The Labute approximate surface area is 197 Å². The minimum absolute atomic E-state index is 0.712. The molecule has 0 aromatic heterocycles. The Morgan fingerprint density at radius 3 is 2.20 bits per heavy atom. The normalized spacial score (nSPS) is 34.7. The summed E-state index contributed by atoms with van der Waals surface area (Å²) >= 11 is 0. The molecule has 0 saturated carbocycles. The number of carbonyl (C=O) groups excluding carboxylic acids is 2. The summed E-state index contributed by atoms with van der Waals surface area (Å²) in [4.78, 5) is 45.9. The Morgan fingerprint density at radius 2 is 1.71 bits per heavy atom. The van der Waals surface area contributed by atoms with Crippen LogP contribution in [0.25, 0.3) is 0 Å². The zero-order valence-corrected chi connectivity index (χ0v) is 18.5. The number of aliphatic hydroxyl groups is 5. The zero-order chi connectivity index (χ0) is 26.6. The van der Waals surface area contributed by atoms with Gasteiger partial charge in [-0.2, -0.15) is 0 Å². The first-order valence-corrected chi connectivity index (χ1v) is 10.2. The lowest BCUT2D eigenvalue weighted by atomic mass is 9.96. The molecule has 0 aromatic rings. The molecule has 1 amide bonds. The number of carboxylic acids is 2. The van der Waals surface area contributed by atoms with Crippen LogP contribution in [-0.2, 0) is 38.1 Å². The average Bonchev–Trinajstić information content (AvgIpc) is 2.77. The number of aliphatic carboxylic acids is 2. The molecule has 1 saturated heterocycles. The van der Waals surface area contributed by atoms with E-state index in [1.54, 1.807) is 0 Å². The van der Waals surface area contributed by atoms with E-state index in [1.165, 1.54) is 0 Å². The van der Waals surface area contributed by atoms with E-state index in [-0.39, 0.29) is 0 Å². The summed E-state index contributed by atoms with van der Waals surface area (Å²) < 4.78 is 21.1. The summed E-state index contributed by atoms with van der Waals surface area (Å²) in [6, 6.07) is -1.58. The Hall–Kier alpha value is -2.70. The number of ether oxygens (including phenoxy) is 4. The second kappa shape index (κ2) is 11.8. The maximum atomic E-state index is 11.9. The van der Waals surface area contributed by atoms with Gasteiger partial charge in [0.2, 0.25) is 18.0 Å².